The van der Waals surface area contributed by atoms with Crippen molar-refractivity contribution in [1.29, 1.82) is 0 Å². The van der Waals surface area contributed by atoms with Crippen molar-refractivity contribution < 1.29 is 33.2 Å². The monoisotopic (exact) mass is 461 g/mol. The van der Waals surface area contributed by atoms with Crippen molar-refractivity contribution in [2.24, 2.45) is 11.0 Å². The van der Waals surface area contributed by atoms with Crippen LogP contribution in [0.3, 0.4) is 0 Å². The van der Waals surface area contributed by atoms with Crippen molar-refractivity contribution >= 4 is 5.97 Å². The van der Waals surface area contributed by atoms with Gasteiger partial charge in [0.1, 0.15) is 31.0 Å². The lowest BCUT2D eigenvalue weighted by atomic mass is 9.87. The first-order chi connectivity index (χ1) is 16.1. The van der Waals surface area contributed by atoms with Crippen LogP contribution in [0.1, 0.15) is 44.5 Å². The standard InChI is InChI=1S/C23H31N3O7/c1-14-8-6-7-11-16(14)31-23-19(25-26-24)21(29-13-18(27)28-2)20-17(32-23)12-30-22(33-20)15-9-4-3-5-10-15/h3-5,9-10,14,16-17,19-23H,6-8,11-13H2,1-2H3/t14-,16?,17?,19?,20+,21+,22?,23?/m0/s1. The fourth-order valence-corrected chi connectivity index (χ4v) is 4.71. The third-order valence-electron chi connectivity index (χ3n) is 6.53. The van der Waals surface area contributed by atoms with E-state index in [0.29, 0.717) is 5.92 Å². The number of azide groups is 1. The smallest absolute Gasteiger partial charge is 0.331 e. The summed E-state index contributed by atoms with van der Waals surface area (Å²) in [7, 11) is 1.29. The number of rotatable bonds is 7. The van der Waals surface area contributed by atoms with Gasteiger partial charge in [0, 0.05) is 10.5 Å². The predicted octanol–water partition coefficient (Wildman–Crippen LogP) is 3.66. The molecule has 0 bridgehead atoms. The number of methoxy groups -OCH3 is 1. The Kier molecular flexibility index (Phi) is 8.19. The van der Waals surface area contributed by atoms with E-state index in [0.717, 1.165) is 24.8 Å². The summed E-state index contributed by atoms with van der Waals surface area (Å²) in [5, 5.41) is 3.96. The lowest BCUT2D eigenvalue weighted by Gasteiger charge is -2.49. The molecule has 0 N–H and O–H groups in total. The minimum atomic E-state index is -0.843. The molecule has 0 aromatic heterocycles. The van der Waals surface area contributed by atoms with Crippen LogP contribution in [0, 0.1) is 5.92 Å². The molecule has 5 unspecified atom stereocenters. The molecular formula is C23H31N3O7. The van der Waals surface area contributed by atoms with E-state index in [1.54, 1.807) is 0 Å². The van der Waals surface area contributed by atoms with Gasteiger partial charge in [-0.15, -0.1) is 0 Å². The first kappa shape index (κ1) is 23.9. The minimum Gasteiger partial charge on any atom is -0.467 e. The Morgan fingerprint density at radius 1 is 1.21 bits per heavy atom. The van der Waals surface area contributed by atoms with Gasteiger partial charge in [0.15, 0.2) is 12.6 Å². The Bertz CT molecular complexity index is 835. The van der Waals surface area contributed by atoms with Gasteiger partial charge >= 0.3 is 5.97 Å². The van der Waals surface area contributed by atoms with Gasteiger partial charge in [-0.1, -0.05) is 55.2 Å². The molecular weight excluding hydrogens is 430 g/mol. The zero-order valence-corrected chi connectivity index (χ0v) is 18.9. The molecule has 1 aromatic rings. The number of esters is 1. The number of carbonyl (C=O) groups is 1. The summed E-state index contributed by atoms with van der Waals surface area (Å²) >= 11 is 0. The van der Waals surface area contributed by atoms with Gasteiger partial charge in [-0.2, -0.15) is 0 Å². The lowest BCUT2D eigenvalue weighted by Crippen LogP contribution is -2.63. The topological polar surface area (TPSA) is 121 Å². The number of hydrogen-bond donors (Lipinski definition) is 0. The van der Waals surface area contributed by atoms with Crippen LogP contribution in [0.4, 0.5) is 0 Å². The molecule has 0 amide bonds. The van der Waals surface area contributed by atoms with Gasteiger partial charge in [0.25, 0.3) is 0 Å². The van der Waals surface area contributed by atoms with E-state index in [1.807, 2.05) is 30.3 Å². The maximum atomic E-state index is 11.8. The minimum absolute atomic E-state index is 0.0135. The van der Waals surface area contributed by atoms with Crippen LogP contribution in [0.25, 0.3) is 10.4 Å². The molecule has 180 valence electrons. The van der Waals surface area contributed by atoms with E-state index in [-0.39, 0.29) is 19.3 Å². The van der Waals surface area contributed by atoms with Crippen molar-refractivity contribution in [3.8, 4) is 0 Å². The molecule has 1 aromatic carbocycles. The van der Waals surface area contributed by atoms with Gasteiger partial charge in [0.05, 0.1) is 19.8 Å². The Balaban J connectivity index is 1.57. The van der Waals surface area contributed by atoms with E-state index in [4.69, 9.17) is 28.4 Å². The normalized spacial score (nSPS) is 36.3. The quantitative estimate of drug-likeness (QED) is 0.263. The highest BCUT2D eigenvalue weighted by atomic mass is 16.8. The summed E-state index contributed by atoms with van der Waals surface area (Å²) in [4.78, 5) is 14.8. The summed E-state index contributed by atoms with van der Waals surface area (Å²) in [5.74, 6) is -0.176. The SMILES string of the molecule is COC(=O)CO[C@@H]1C(N=[N+]=[N-])C(OC2CCCC[C@@H]2C)OC2COC(c3ccccc3)O[C@H]21. The Hall–Kier alpha value is -2.20. The largest absolute Gasteiger partial charge is 0.467 e. The molecule has 0 radical (unpaired) electrons. The highest BCUT2D eigenvalue weighted by Crippen LogP contribution is 2.38. The van der Waals surface area contributed by atoms with E-state index < -0.39 is 42.9 Å². The molecule has 33 heavy (non-hydrogen) atoms. The lowest BCUT2D eigenvalue weighted by molar-refractivity contribution is -0.352. The maximum absolute atomic E-state index is 11.8. The van der Waals surface area contributed by atoms with Gasteiger partial charge in [-0.05, 0) is 24.3 Å². The molecule has 2 saturated heterocycles. The van der Waals surface area contributed by atoms with Crippen LogP contribution in [0.15, 0.2) is 35.4 Å². The maximum Gasteiger partial charge on any atom is 0.331 e. The molecule has 1 aliphatic carbocycles. The number of hydrogen-bond acceptors (Lipinski definition) is 8. The second-order valence-corrected chi connectivity index (χ2v) is 8.70. The van der Waals surface area contributed by atoms with E-state index >= 15 is 0 Å². The van der Waals surface area contributed by atoms with Crippen LogP contribution in [0.5, 0.6) is 0 Å². The third-order valence-corrected chi connectivity index (χ3v) is 6.53. The first-order valence-corrected chi connectivity index (χ1v) is 11.5. The fraction of sp³-hybridized carbons (Fsp3) is 0.696. The van der Waals surface area contributed by atoms with Gasteiger partial charge < -0.3 is 28.4 Å². The number of ether oxygens (including phenoxy) is 6. The van der Waals surface area contributed by atoms with Crippen molar-refractivity contribution in [3.63, 3.8) is 0 Å². The molecule has 2 heterocycles. The molecule has 1 saturated carbocycles. The zero-order chi connectivity index (χ0) is 23.2. The first-order valence-electron chi connectivity index (χ1n) is 11.5. The predicted molar refractivity (Wildman–Crippen MR) is 116 cm³/mol. The van der Waals surface area contributed by atoms with Gasteiger partial charge in [-0.25, -0.2) is 4.79 Å². The molecule has 3 fully saturated rings. The summed E-state index contributed by atoms with van der Waals surface area (Å²) < 4.78 is 35.4. The average Bonchev–Trinajstić information content (AvgIpc) is 2.85. The van der Waals surface area contributed by atoms with Crippen molar-refractivity contribution in [1.82, 2.24) is 0 Å². The van der Waals surface area contributed by atoms with Crippen molar-refractivity contribution in [2.45, 2.75) is 75.6 Å². The molecule has 0 spiro atoms. The van der Waals surface area contributed by atoms with Crippen molar-refractivity contribution in [3.05, 3.63) is 46.3 Å². The number of benzene rings is 1. The molecule has 8 atom stereocenters. The number of fused-ring (bicyclic) bond motifs is 1. The molecule has 3 aliphatic rings. The van der Waals surface area contributed by atoms with E-state index in [2.05, 4.69) is 16.9 Å². The summed E-state index contributed by atoms with van der Waals surface area (Å²) in [5.41, 5.74) is 10.1. The second-order valence-electron chi connectivity index (χ2n) is 8.70. The van der Waals surface area contributed by atoms with Crippen LogP contribution >= 0.6 is 0 Å². The number of nitrogens with zero attached hydrogens (tertiary/aromatic N) is 3. The molecule has 2 aliphatic heterocycles. The van der Waals surface area contributed by atoms with Crippen LogP contribution in [-0.2, 0) is 33.2 Å². The second kappa shape index (κ2) is 11.3. The number of carbonyl (C=O) groups excluding carboxylic acids is 1. The van der Waals surface area contributed by atoms with Crippen LogP contribution < -0.4 is 0 Å². The van der Waals surface area contributed by atoms with Crippen LogP contribution in [-0.4, -0.2) is 63.0 Å². The van der Waals surface area contributed by atoms with Crippen molar-refractivity contribution in [2.75, 3.05) is 20.3 Å². The average molecular weight is 462 g/mol. The Labute approximate surface area is 193 Å². The zero-order valence-electron chi connectivity index (χ0n) is 18.9. The fourth-order valence-electron chi connectivity index (χ4n) is 4.71. The highest BCUT2D eigenvalue weighted by molar-refractivity contribution is 5.70. The molecule has 4 rings (SSSR count). The van der Waals surface area contributed by atoms with Gasteiger partial charge in [-0.3, -0.25) is 0 Å². The van der Waals surface area contributed by atoms with E-state index in [9.17, 15) is 10.3 Å². The summed E-state index contributed by atoms with van der Waals surface area (Å²) in [6.45, 7) is 2.08. The van der Waals surface area contributed by atoms with Gasteiger partial charge in [0.2, 0.25) is 0 Å². The Morgan fingerprint density at radius 2 is 2.00 bits per heavy atom. The third kappa shape index (κ3) is 5.66. The summed E-state index contributed by atoms with van der Waals surface area (Å²) in [6.07, 6.45) is 0.821. The van der Waals surface area contributed by atoms with Crippen LogP contribution in [0.2, 0.25) is 0 Å². The highest BCUT2D eigenvalue weighted by Gasteiger charge is 2.51. The molecule has 10 heteroatoms. The molecule has 10 nitrogen and oxygen atoms in total. The Morgan fingerprint density at radius 3 is 2.73 bits per heavy atom. The van der Waals surface area contributed by atoms with E-state index in [1.165, 1.54) is 13.5 Å². The summed E-state index contributed by atoms with van der Waals surface area (Å²) in [6, 6.07) is 8.67.